The van der Waals surface area contributed by atoms with E-state index in [1.54, 1.807) is 14.2 Å². The van der Waals surface area contributed by atoms with Crippen molar-refractivity contribution < 1.29 is 14.2 Å². The first-order valence-electron chi connectivity index (χ1n) is 8.62. The number of nitrogens with one attached hydrogen (secondary N) is 1. The van der Waals surface area contributed by atoms with Gasteiger partial charge in [0.25, 0.3) is 0 Å². The molecule has 0 atom stereocenters. The summed E-state index contributed by atoms with van der Waals surface area (Å²) in [5.74, 6) is 2.68. The molecule has 0 saturated heterocycles. The van der Waals surface area contributed by atoms with E-state index in [1.807, 2.05) is 43.3 Å². The highest BCUT2D eigenvalue weighted by atomic mass is 127. The van der Waals surface area contributed by atoms with Gasteiger partial charge < -0.3 is 25.3 Å². The van der Waals surface area contributed by atoms with Crippen molar-refractivity contribution in [3.05, 3.63) is 53.6 Å². The van der Waals surface area contributed by atoms with Crippen LogP contribution in [0.25, 0.3) is 0 Å². The number of rotatable bonds is 9. The standard InChI is InChI=1S/C20H27N3O3.HI/c1-4-26-17-7-5-6-15(12-17)10-11-22-20(21)23-14-16-8-9-18(24-2)19(13-16)25-3;/h5-9,12-13H,4,10-11,14H2,1-3H3,(H3,21,22,23);1H. The Labute approximate surface area is 178 Å². The number of methoxy groups -OCH3 is 2. The topological polar surface area (TPSA) is 78.1 Å². The van der Waals surface area contributed by atoms with E-state index in [9.17, 15) is 0 Å². The van der Waals surface area contributed by atoms with Crippen molar-refractivity contribution in [2.75, 3.05) is 27.4 Å². The van der Waals surface area contributed by atoms with Crippen LogP contribution in [0.4, 0.5) is 0 Å². The van der Waals surface area contributed by atoms with Crippen LogP contribution in [-0.4, -0.2) is 33.3 Å². The summed E-state index contributed by atoms with van der Waals surface area (Å²) in [5.41, 5.74) is 8.14. The van der Waals surface area contributed by atoms with Crippen molar-refractivity contribution >= 4 is 29.9 Å². The maximum atomic E-state index is 5.95. The molecule has 27 heavy (non-hydrogen) atoms. The van der Waals surface area contributed by atoms with E-state index >= 15 is 0 Å². The lowest BCUT2D eigenvalue weighted by Gasteiger charge is -2.09. The smallest absolute Gasteiger partial charge is 0.188 e. The van der Waals surface area contributed by atoms with Crippen LogP contribution in [0.5, 0.6) is 17.2 Å². The van der Waals surface area contributed by atoms with Crippen LogP contribution >= 0.6 is 24.0 Å². The first kappa shape index (κ1) is 22.9. The molecule has 0 unspecified atom stereocenters. The minimum atomic E-state index is 0. The van der Waals surface area contributed by atoms with Crippen molar-refractivity contribution in [3.8, 4) is 17.2 Å². The van der Waals surface area contributed by atoms with E-state index in [1.165, 1.54) is 5.56 Å². The molecule has 0 aliphatic carbocycles. The first-order chi connectivity index (χ1) is 12.7. The van der Waals surface area contributed by atoms with E-state index in [2.05, 4.69) is 16.4 Å². The van der Waals surface area contributed by atoms with Gasteiger partial charge >= 0.3 is 0 Å². The molecule has 7 heteroatoms. The van der Waals surface area contributed by atoms with Crippen LogP contribution in [0.1, 0.15) is 18.1 Å². The zero-order valence-corrected chi connectivity index (χ0v) is 18.4. The molecule has 3 N–H and O–H groups in total. The van der Waals surface area contributed by atoms with Crippen molar-refractivity contribution in [1.82, 2.24) is 5.32 Å². The van der Waals surface area contributed by atoms with Gasteiger partial charge in [-0.05, 0) is 48.7 Å². The molecule has 6 nitrogen and oxygen atoms in total. The van der Waals surface area contributed by atoms with Gasteiger partial charge in [0.15, 0.2) is 17.5 Å². The Morgan fingerprint density at radius 1 is 1.04 bits per heavy atom. The lowest BCUT2D eigenvalue weighted by atomic mass is 10.1. The van der Waals surface area contributed by atoms with Crippen molar-refractivity contribution in [2.24, 2.45) is 10.7 Å². The number of hydrogen-bond donors (Lipinski definition) is 2. The molecule has 0 aliphatic rings. The van der Waals surface area contributed by atoms with Crippen LogP contribution in [0.3, 0.4) is 0 Å². The van der Waals surface area contributed by atoms with E-state index in [0.717, 1.165) is 17.7 Å². The molecule has 148 valence electrons. The molecule has 0 heterocycles. The number of halogens is 1. The second-order valence-corrected chi connectivity index (χ2v) is 5.65. The summed E-state index contributed by atoms with van der Waals surface area (Å²) in [6.45, 7) is 3.82. The fourth-order valence-corrected chi connectivity index (χ4v) is 2.50. The van der Waals surface area contributed by atoms with Crippen LogP contribution in [-0.2, 0) is 13.0 Å². The molecule has 0 spiro atoms. The van der Waals surface area contributed by atoms with Crippen molar-refractivity contribution in [2.45, 2.75) is 19.9 Å². The Morgan fingerprint density at radius 2 is 1.81 bits per heavy atom. The lowest BCUT2D eigenvalue weighted by molar-refractivity contribution is 0.340. The fourth-order valence-electron chi connectivity index (χ4n) is 2.50. The average molecular weight is 485 g/mol. The monoisotopic (exact) mass is 485 g/mol. The Balaban J connectivity index is 0.00000364. The minimum Gasteiger partial charge on any atom is -0.494 e. The third-order valence-corrected chi connectivity index (χ3v) is 3.81. The zero-order valence-electron chi connectivity index (χ0n) is 16.0. The second-order valence-electron chi connectivity index (χ2n) is 5.65. The van der Waals surface area contributed by atoms with Gasteiger partial charge in [-0.3, -0.25) is 0 Å². The van der Waals surface area contributed by atoms with Crippen LogP contribution in [0, 0.1) is 0 Å². The highest BCUT2D eigenvalue weighted by Crippen LogP contribution is 2.27. The summed E-state index contributed by atoms with van der Waals surface area (Å²) in [4.78, 5) is 4.37. The summed E-state index contributed by atoms with van der Waals surface area (Å²) < 4.78 is 16.0. The van der Waals surface area contributed by atoms with Gasteiger partial charge in [-0.2, -0.15) is 0 Å². The Morgan fingerprint density at radius 3 is 2.52 bits per heavy atom. The van der Waals surface area contributed by atoms with E-state index in [0.29, 0.717) is 37.2 Å². The molecular weight excluding hydrogens is 457 g/mol. The van der Waals surface area contributed by atoms with E-state index < -0.39 is 0 Å². The molecule has 2 aromatic rings. The lowest BCUT2D eigenvalue weighted by Crippen LogP contribution is -2.33. The molecule has 0 fully saturated rings. The van der Waals surface area contributed by atoms with Crippen LogP contribution in [0.15, 0.2) is 47.5 Å². The molecular formula is C20H28IN3O3. The van der Waals surface area contributed by atoms with Gasteiger partial charge in [-0.25, -0.2) is 4.99 Å². The molecule has 0 aromatic heterocycles. The average Bonchev–Trinajstić information content (AvgIpc) is 2.66. The maximum Gasteiger partial charge on any atom is 0.188 e. The van der Waals surface area contributed by atoms with Gasteiger partial charge in [-0.1, -0.05) is 18.2 Å². The predicted molar refractivity (Wildman–Crippen MR) is 120 cm³/mol. The highest BCUT2D eigenvalue weighted by Gasteiger charge is 2.04. The Kier molecular flexibility index (Phi) is 10.4. The number of nitrogens with two attached hydrogens (primary N) is 1. The SMILES string of the molecule is CCOc1cccc(CCNC(N)=NCc2ccc(OC)c(OC)c2)c1.I. The number of ether oxygens (including phenoxy) is 3. The summed E-state index contributed by atoms with van der Waals surface area (Å²) >= 11 is 0. The Bertz CT molecular complexity index is 738. The highest BCUT2D eigenvalue weighted by molar-refractivity contribution is 14.0. The molecule has 0 radical (unpaired) electrons. The number of hydrogen-bond acceptors (Lipinski definition) is 4. The molecule has 2 aromatic carbocycles. The minimum absolute atomic E-state index is 0. The number of nitrogens with zero attached hydrogens (tertiary/aromatic N) is 1. The fraction of sp³-hybridized carbons (Fsp3) is 0.350. The first-order valence-corrected chi connectivity index (χ1v) is 8.62. The van der Waals surface area contributed by atoms with Gasteiger partial charge in [0.05, 0.1) is 27.4 Å². The Hall–Kier alpha value is -2.16. The summed E-state index contributed by atoms with van der Waals surface area (Å²) in [6.07, 6.45) is 0.841. The molecule has 0 aliphatic heterocycles. The quantitative estimate of drug-likeness (QED) is 0.324. The van der Waals surface area contributed by atoms with Crippen molar-refractivity contribution in [3.63, 3.8) is 0 Å². The van der Waals surface area contributed by atoms with Gasteiger partial charge in [0, 0.05) is 6.54 Å². The van der Waals surface area contributed by atoms with E-state index in [4.69, 9.17) is 19.9 Å². The van der Waals surface area contributed by atoms with Gasteiger partial charge in [-0.15, -0.1) is 24.0 Å². The molecule has 0 bridgehead atoms. The number of benzene rings is 2. The normalized spacial score (nSPS) is 10.7. The van der Waals surface area contributed by atoms with Crippen LogP contribution in [0.2, 0.25) is 0 Å². The third kappa shape index (κ3) is 7.54. The van der Waals surface area contributed by atoms with Gasteiger partial charge in [0.1, 0.15) is 5.75 Å². The number of guanidine groups is 1. The predicted octanol–water partition coefficient (Wildman–Crippen LogP) is 3.37. The largest absolute Gasteiger partial charge is 0.494 e. The number of aliphatic imine (C=N–C) groups is 1. The molecule has 0 amide bonds. The van der Waals surface area contributed by atoms with E-state index in [-0.39, 0.29) is 24.0 Å². The summed E-state index contributed by atoms with van der Waals surface area (Å²) in [7, 11) is 3.23. The third-order valence-electron chi connectivity index (χ3n) is 3.81. The maximum absolute atomic E-state index is 5.95. The zero-order chi connectivity index (χ0) is 18.8. The second kappa shape index (κ2) is 12.3. The van der Waals surface area contributed by atoms with Gasteiger partial charge in [0.2, 0.25) is 0 Å². The van der Waals surface area contributed by atoms with Crippen molar-refractivity contribution in [1.29, 1.82) is 0 Å². The molecule has 0 saturated carbocycles. The summed E-state index contributed by atoms with van der Waals surface area (Å²) in [6, 6.07) is 13.8. The summed E-state index contributed by atoms with van der Waals surface area (Å²) in [5, 5.41) is 3.13. The molecule has 2 rings (SSSR count). The van der Waals surface area contributed by atoms with Crippen LogP contribution < -0.4 is 25.3 Å².